The standard InChI is InChI=1S/C13H16ClN3O/c1-2-3-4-7-15-12-11(14)8-16-17(13(12)18)9-10-5-6-10/h8,10,15H,4-7,9H2,1H3. The summed E-state index contributed by atoms with van der Waals surface area (Å²) < 4.78 is 1.50. The third-order valence-electron chi connectivity index (χ3n) is 2.85. The highest BCUT2D eigenvalue weighted by Gasteiger charge is 2.23. The van der Waals surface area contributed by atoms with Gasteiger partial charge in [0, 0.05) is 19.5 Å². The molecule has 0 saturated heterocycles. The molecule has 4 nitrogen and oxygen atoms in total. The van der Waals surface area contributed by atoms with Gasteiger partial charge in [-0.25, -0.2) is 4.68 Å². The van der Waals surface area contributed by atoms with Crippen LogP contribution in [-0.4, -0.2) is 16.3 Å². The zero-order valence-electron chi connectivity index (χ0n) is 10.4. The first-order valence-corrected chi connectivity index (χ1v) is 6.49. The molecule has 18 heavy (non-hydrogen) atoms. The molecule has 0 aromatic carbocycles. The minimum atomic E-state index is -0.140. The molecule has 0 aliphatic heterocycles. The number of rotatable bonds is 5. The highest BCUT2D eigenvalue weighted by atomic mass is 35.5. The monoisotopic (exact) mass is 265 g/mol. The third-order valence-corrected chi connectivity index (χ3v) is 3.14. The van der Waals surface area contributed by atoms with Crippen molar-refractivity contribution in [3.63, 3.8) is 0 Å². The van der Waals surface area contributed by atoms with E-state index in [1.807, 2.05) is 0 Å². The summed E-state index contributed by atoms with van der Waals surface area (Å²) in [4.78, 5) is 12.1. The van der Waals surface area contributed by atoms with Crippen LogP contribution in [0.25, 0.3) is 0 Å². The molecule has 0 amide bonds. The summed E-state index contributed by atoms with van der Waals surface area (Å²) in [6, 6.07) is 0. The van der Waals surface area contributed by atoms with E-state index in [0.717, 1.165) is 0 Å². The number of nitrogens with one attached hydrogen (secondary N) is 1. The maximum absolute atomic E-state index is 12.1. The van der Waals surface area contributed by atoms with Gasteiger partial charge in [-0.2, -0.15) is 5.10 Å². The molecule has 0 unspecified atom stereocenters. The second-order valence-electron chi connectivity index (χ2n) is 4.40. The van der Waals surface area contributed by atoms with Gasteiger partial charge >= 0.3 is 0 Å². The Bertz CT molecular complexity index is 537. The Morgan fingerprint density at radius 1 is 1.61 bits per heavy atom. The van der Waals surface area contributed by atoms with Gasteiger partial charge in [0.05, 0.1) is 11.2 Å². The fraction of sp³-hybridized carbons (Fsp3) is 0.538. The van der Waals surface area contributed by atoms with E-state index < -0.39 is 0 Å². The molecular formula is C13H16ClN3O. The Morgan fingerprint density at radius 3 is 3.06 bits per heavy atom. The van der Waals surface area contributed by atoms with Crippen molar-refractivity contribution in [3.05, 3.63) is 21.6 Å². The largest absolute Gasteiger partial charge is 0.378 e. The van der Waals surface area contributed by atoms with Crippen LogP contribution in [-0.2, 0) is 6.54 Å². The Kier molecular flexibility index (Phi) is 4.27. The Balaban J connectivity index is 2.10. The van der Waals surface area contributed by atoms with Crippen molar-refractivity contribution < 1.29 is 0 Å². The van der Waals surface area contributed by atoms with Crippen molar-refractivity contribution in [1.82, 2.24) is 9.78 Å². The lowest BCUT2D eigenvalue weighted by Crippen LogP contribution is -2.27. The molecule has 2 rings (SSSR count). The van der Waals surface area contributed by atoms with Gasteiger partial charge < -0.3 is 5.32 Å². The maximum Gasteiger partial charge on any atom is 0.291 e. The summed E-state index contributed by atoms with van der Waals surface area (Å²) in [7, 11) is 0. The summed E-state index contributed by atoms with van der Waals surface area (Å²) in [6.45, 7) is 3.10. The van der Waals surface area contributed by atoms with Crippen LogP contribution in [0.4, 0.5) is 5.69 Å². The molecule has 0 radical (unpaired) electrons. The van der Waals surface area contributed by atoms with Crippen LogP contribution in [0.2, 0.25) is 5.02 Å². The summed E-state index contributed by atoms with van der Waals surface area (Å²) >= 11 is 5.99. The van der Waals surface area contributed by atoms with Crippen LogP contribution in [0.15, 0.2) is 11.0 Å². The van der Waals surface area contributed by atoms with E-state index in [1.54, 1.807) is 6.92 Å². The molecule has 1 fully saturated rings. The summed E-state index contributed by atoms with van der Waals surface area (Å²) in [6.07, 6.45) is 4.59. The molecule has 1 saturated carbocycles. The fourth-order valence-electron chi connectivity index (χ4n) is 1.68. The molecule has 5 heteroatoms. The minimum absolute atomic E-state index is 0.140. The number of aromatic nitrogens is 2. The molecule has 1 heterocycles. The number of nitrogens with zero attached hydrogens (tertiary/aromatic N) is 2. The van der Waals surface area contributed by atoms with Crippen molar-refractivity contribution in [3.8, 4) is 11.8 Å². The van der Waals surface area contributed by atoms with Crippen LogP contribution in [0.5, 0.6) is 0 Å². The molecule has 0 spiro atoms. The van der Waals surface area contributed by atoms with Crippen LogP contribution < -0.4 is 10.9 Å². The third kappa shape index (κ3) is 3.27. The highest BCUT2D eigenvalue weighted by molar-refractivity contribution is 6.32. The Labute approximate surface area is 111 Å². The van der Waals surface area contributed by atoms with Gasteiger partial charge in [-0.3, -0.25) is 4.79 Å². The van der Waals surface area contributed by atoms with Crippen molar-refractivity contribution >= 4 is 17.3 Å². The van der Waals surface area contributed by atoms with Crippen molar-refractivity contribution in [2.75, 3.05) is 11.9 Å². The van der Waals surface area contributed by atoms with E-state index in [-0.39, 0.29) is 5.56 Å². The molecule has 0 atom stereocenters. The van der Waals surface area contributed by atoms with Crippen LogP contribution in [0.3, 0.4) is 0 Å². The van der Waals surface area contributed by atoms with E-state index in [2.05, 4.69) is 22.3 Å². The Morgan fingerprint density at radius 2 is 2.39 bits per heavy atom. The normalized spacial score (nSPS) is 13.9. The van der Waals surface area contributed by atoms with E-state index in [4.69, 9.17) is 11.6 Å². The molecular weight excluding hydrogens is 250 g/mol. The van der Waals surface area contributed by atoms with Gasteiger partial charge in [0.25, 0.3) is 5.56 Å². The molecule has 1 aliphatic rings. The number of hydrogen-bond donors (Lipinski definition) is 1. The first-order chi connectivity index (χ1) is 8.72. The first-order valence-electron chi connectivity index (χ1n) is 6.11. The molecule has 1 aliphatic carbocycles. The van der Waals surface area contributed by atoms with E-state index in [0.29, 0.717) is 36.1 Å². The first kappa shape index (κ1) is 13.0. The summed E-state index contributed by atoms with van der Waals surface area (Å²) in [5.74, 6) is 6.35. The Hall–Kier alpha value is -1.47. The molecule has 96 valence electrons. The lowest BCUT2D eigenvalue weighted by molar-refractivity contribution is 0.534. The number of anilines is 1. The lowest BCUT2D eigenvalue weighted by Gasteiger charge is -2.09. The van der Waals surface area contributed by atoms with E-state index >= 15 is 0 Å². The highest BCUT2D eigenvalue weighted by Crippen LogP contribution is 2.30. The van der Waals surface area contributed by atoms with Crippen LogP contribution in [0, 0.1) is 17.8 Å². The van der Waals surface area contributed by atoms with Gasteiger partial charge in [0.2, 0.25) is 0 Å². The minimum Gasteiger partial charge on any atom is -0.378 e. The van der Waals surface area contributed by atoms with Gasteiger partial charge in [-0.1, -0.05) is 11.6 Å². The summed E-state index contributed by atoms with van der Waals surface area (Å²) in [5, 5.41) is 7.48. The molecule has 1 aromatic heterocycles. The van der Waals surface area contributed by atoms with E-state index in [9.17, 15) is 4.79 Å². The number of halogens is 1. The predicted octanol–water partition coefficient (Wildman–Crippen LogP) is 2.13. The van der Waals surface area contributed by atoms with Crippen LogP contribution in [0.1, 0.15) is 26.2 Å². The average Bonchev–Trinajstić information content (AvgIpc) is 3.16. The SMILES string of the molecule is CC#CCCNc1c(Cl)cnn(CC2CC2)c1=O. The van der Waals surface area contributed by atoms with E-state index in [1.165, 1.54) is 23.7 Å². The van der Waals surface area contributed by atoms with Gasteiger partial charge in [-0.15, -0.1) is 11.8 Å². The summed E-state index contributed by atoms with van der Waals surface area (Å²) in [5.41, 5.74) is 0.295. The maximum atomic E-state index is 12.1. The average molecular weight is 266 g/mol. The quantitative estimate of drug-likeness (QED) is 0.655. The zero-order chi connectivity index (χ0) is 13.0. The molecule has 0 bridgehead atoms. The predicted molar refractivity (Wildman–Crippen MR) is 72.8 cm³/mol. The van der Waals surface area contributed by atoms with Crippen molar-refractivity contribution in [2.45, 2.75) is 32.7 Å². The van der Waals surface area contributed by atoms with Crippen LogP contribution >= 0.6 is 11.6 Å². The zero-order valence-corrected chi connectivity index (χ0v) is 11.1. The lowest BCUT2D eigenvalue weighted by atomic mass is 10.3. The second-order valence-corrected chi connectivity index (χ2v) is 4.81. The topological polar surface area (TPSA) is 46.9 Å². The smallest absolute Gasteiger partial charge is 0.291 e. The molecule has 1 aromatic rings. The second kappa shape index (κ2) is 5.92. The van der Waals surface area contributed by atoms with Gasteiger partial charge in [-0.05, 0) is 25.7 Å². The van der Waals surface area contributed by atoms with Gasteiger partial charge in [0.15, 0.2) is 0 Å². The van der Waals surface area contributed by atoms with Gasteiger partial charge in [0.1, 0.15) is 5.69 Å². The van der Waals surface area contributed by atoms with Crippen molar-refractivity contribution in [1.29, 1.82) is 0 Å². The molecule has 1 N–H and O–H groups in total. The fourth-order valence-corrected chi connectivity index (χ4v) is 1.87. The van der Waals surface area contributed by atoms with Crippen molar-refractivity contribution in [2.24, 2.45) is 5.92 Å². The number of hydrogen-bond acceptors (Lipinski definition) is 3.